The number of carboxylic acid groups (broad SMARTS) is 1. The van der Waals surface area contributed by atoms with E-state index in [-0.39, 0.29) is 22.8 Å². The molecule has 2 N–H and O–H groups in total. The molecular weight excluding hydrogens is 466 g/mol. The van der Waals surface area contributed by atoms with Crippen LogP contribution < -0.4 is 14.8 Å². The Labute approximate surface area is 210 Å². The van der Waals surface area contributed by atoms with Crippen LogP contribution in [0.1, 0.15) is 56.4 Å². The van der Waals surface area contributed by atoms with Crippen LogP contribution in [0.5, 0.6) is 11.5 Å². The van der Waals surface area contributed by atoms with Gasteiger partial charge in [-0.1, -0.05) is 38.1 Å². The highest BCUT2D eigenvalue weighted by Crippen LogP contribution is 2.34. The van der Waals surface area contributed by atoms with Crippen molar-refractivity contribution in [3.05, 3.63) is 82.9 Å². The first-order chi connectivity index (χ1) is 16.8. The van der Waals surface area contributed by atoms with Crippen LogP contribution in [-0.4, -0.2) is 33.3 Å². The van der Waals surface area contributed by atoms with Crippen LogP contribution in [0.4, 0.5) is 4.79 Å². The SMILES string of the molecule is CC(C)(c1ccc(OCc2ccnc(Cl)n2)cc1)c1ccc(OC2CCCC(NC(=O)O)C2)cc1. The van der Waals surface area contributed by atoms with E-state index in [1.165, 1.54) is 11.1 Å². The van der Waals surface area contributed by atoms with Gasteiger partial charge < -0.3 is 19.9 Å². The lowest BCUT2D eigenvalue weighted by Crippen LogP contribution is -2.40. The zero-order valence-electron chi connectivity index (χ0n) is 19.9. The summed E-state index contributed by atoms with van der Waals surface area (Å²) < 4.78 is 12.0. The predicted octanol–water partition coefficient (Wildman–Crippen LogP) is 5.99. The predicted molar refractivity (Wildman–Crippen MR) is 134 cm³/mol. The minimum atomic E-state index is -0.975. The first-order valence-corrected chi connectivity index (χ1v) is 12.1. The van der Waals surface area contributed by atoms with Crippen molar-refractivity contribution in [2.24, 2.45) is 0 Å². The standard InChI is InChI=1S/C27H30ClN3O4/c1-27(2,18-6-10-22(11-7-18)34-17-21-14-15-29-25(28)30-21)19-8-12-23(13-9-19)35-24-5-3-4-20(16-24)31-26(32)33/h6-15,20,24,31H,3-5,16-17H2,1-2H3,(H,32,33). The van der Waals surface area contributed by atoms with Crippen LogP contribution in [0.15, 0.2) is 60.8 Å². The van der Waals surface area contributed by atoms with Gasteiger partial charge in [-0.05, 0) is 72.3 Å². The van der Waals surface area contributed by atoms with Crippen LogP contribution in [0.25, 0.3) is 0 Å². The molecule has 184 valence electrons. The van der Waals surface area contributed by atoms with Crippen molar-refractivity contribution in [2.75, 3.05) is 0 Å². The first-order valence-electron chi connectivity index (χ1n) is 11.8. The maximum absolute atomic E-state index is 10.9. The molecule has 7 nitrogen and oxygen atoms in total. The number of benzene rings is 2. The van der Waals surface area contributed by atoms with Gasteiger partial charge in [0.25, 0.3) is 0 Å². The van der Waals surface area contributed by atoms with Gasteiger partial charge >= 0.3 is 6.09 Å². The highest BCUT2D eigenvalue weighted by atomic mass is 35.5. The van der Waals surface area contributed by atoms with Crippen LogP contribution >= 0.6 is 11.6 Å². The summed E-state index contributed by atoms with van der Waals surface area (Å²) in [6.45, 7) is 4.69. The Kier molecular flexibility index (Phi) is 7.76. The fourth-order valence-corrected chi connectivity index (χ4v) is 4.61. The topological polar surface area (TPSA) is 93.6 Å². The fourth-order valence-electron chi connectivity index (χ4n) is 4.44. The van der Waals surface area contributed by atoms with E-state index < -0.39 is 6.09 Å². The lowest BCUT2D eigenvalue weighted by atomic mass is 9.78. The molecule has 1 heterocycles. The smallest absolute Gasteiger partial charge is 0.404 e. The van der Waals surface area contributed by atoms with Gasteiger partial charge in [-0.15, -0.1) is 0 Å². The number of nitrogens with zero attached hydrogens (tertiary/aromatic N) is 2. The largest absolute Gasteiger partial charge is 0.490 e. The minimum absolute atomic E-state index is 0.0189. The molecule has 1 aromatic heterocycles. The molecule has 8 heteroatoms. The maximum atomic E-state index is 10.9. The molecule has 1 fully saturated rings. The van der Waals surface area contributed by atoms with Crippen LogP contribution in [0.2, 0.25) is 5.28 Å². The monoisotopic (exact) mass is 495 g/mol. The van der Waals surface area contributed by atoms with Crippen molar-refractivity contribution < 1.29 is 19.4 Å². The highest BCUT2D eigenvalue weighted by Gasteiger charge is 2.26. The molecular formula is C27H30ClN3O4. The third-order valence-corrected chi connectivity index (χ3v) is 6.66. The van der Waals surface area contributed by atoms with Crippen molar-refractivity contribution in [3.63, 3.8) is 0 Å². The number of rotatable bonds is 8. The molecule has 1 amide bonds. The number of aromatic nitrogens is 2. The van der Waals surface area contributed by atoms with Crippen molar-refractivity contribution in [1.29, 1.82) is 0 Å². The van der Waals surface area contributed by atoms with E-state index in [2.05, 4.69) is 53.4 Å². The molecule has 0 bridgehead atoms. The average molecular weight is 496 g/mol. The number of ether oxygens (including phenoxy) is 2. The van der Waals surface area contributed by atoms with Crippen LogP contribution in [0.3, 0.4) is 0 Å². The zero-order valence-corrected chi connectivity index (χ0v) is 20.7. The number of halogens is 1. The number of nitrogens with one attached hydrogen (secondary N) is 1. The van der Waals surface area contributed by atoms with Gasteiger partial charge in [0.1, 0.15) is 24.2 Å². The fraction of sp³-hybridized carbons (Fsp3) is 0.370. The molecule has 2 unspecified atom stereocenters. The van der Waals surface area contributed by atoms with Crippen molar-refractivity contribution in [1.82, 2.24) is 15.3 Å². The molecule has 3 aromatic rings. The Bertz CT molecular complexity index is 1140. The summed E-state index contributed by atoms with van der Waals surface area (Å²) in [4.78, 5) is 18.9. The summed E-state index contributed by atoms with van der Waals surface area (Å²) in [5, 5.41) is 11.8. The second kappa shape index (κ2) is 11.0. The van der Waals surface area contributed by atoms with Gasteiger partial charge in [-0.2, -0.15) is 0 Å². The summed E-state index contributed by atoms with van der Waals surface area (Å²) in [5.41, 5.74) is 2.85. The number of carbonyl (C=O) groups is 1. The summed E-state index contributed by atoms with van der Waals surface area (Å²) in [6, 6.07) is 18.0. The molecule has 2 atom stereocenters. The Hall–Kier alpha value is -3.32. The van der Waals surface area contributed by atoms with Crippen molar-refractivity contribution in [2.45, 2.75) is 63.7 Å². The Morgan fingerprint density at radius 3 is 2.34 bits per heavy atom. The zero-order chi connectivity index (χ0) is 24.8. The molecule has 0 radical (unpaired) electrons. The average Bonchev–Trinajstić information content (AvgIpc) is 2.83. The second-order valence-electron chi connectivity index (χ2n) is 9.33. The Morgan fingerprint density at radius 2 is 1.71 bits per heavy atom. The molecule has 0 spiro atoms. The third kappa shape index (κ3) is 6.63. The molecule has 1 saturated carbocycles. The van der Waals surface area contributed by atoms with Gasteiger partial charge in [-0.25, -0.2) is 14.8 Å². The van der Waals surface area contributed by atoms with E-state index in [0.29, 0.717) is 13.0 Å². The van der Waals surface area contributed by atoms with Gasteiger partial charge in [0.05, 0.1) is 5.69 Å². The number of hydrogen-bond donors (Lipinski definition) is 2. The lowest BCUT2D eigenvalue weighted by Gasteiger charge is -2.30. The van der Waals surface area contributed by atoms with Gasteiger partial charge in [-0.3, -0.25) is 0 Å². The second-order valence-corrected chi connectivity index (χ2v) is 9.67. The summed E-state index contributed by atoms with van der Waals surface area (Å²) in [7, 11) is 0. The van der Waals surface area contributed by atoms with E-state index >= 15 is 0 Å². The molecule has 0 saturated heterocycles. The normalized spacial score (nSPS) is 18.0. The summed E-state index contributed by atoms with van der Waals surface area (Å²) in [5.74, 6) is 1.56. The van der Waals surface area contributed by atoms with Crippen LogP contribution in [-0.2, 0) is 12.0 Å². The quantitative estimate of drug-likeness (QED) is 0.373. The maximum Gasteiger partial charge on any atom is 0.404 e. The molecule has 0 aliphatic heterocycles. The van der Waals surface area contributed by atoms with Gasteiger partial charge in [0.2, 0.25) is 5.28 Å². The summed E-state index contributed by atoms with van der Waals surface area (Å²) >= 11 is 5.83. The lowest BCUT2D eigenvalue weighted by molar-refractivity contribution is 0.129. The van der Waals surface area contributed by atoms with E-state index in [1.54, 1.807) is 12.3 Å². The Morgan fingerprint density at radius 1 is 1.06 bits per heavy atom. The third-order valence-electron chi connectivity index (χ3n) is 6.48. The van der Waals surface area contributed by atoms with E-state index in [4.69, 9.17) is 26.2 Å². The Balaban J connectivity index is 1.36. The molecule has 4 rings (SSSR count). The van der Waals surface area contributed by atoms with Gasteiger partial charge in [0, 0.05) is 24.1 Å². The van der Waals surface area contributed by atoms with E-state index in [1.807, 2.05) is 24.3 Å². The van der Waals surface area contributed by atoms with Crippen molar-refractivity contribution in [3.8, 4) is 11.5 Å². The van der Waals surface area contributed by atoms with Crippen LogP contribution in [0, 0.1) is 0 Å². The molecule has 35 heavy (non-hydrogen) atoms. The highest BCUT2D eigenvalue weighted by molar-refractivity contribution is 6.28. The number of hydrogen-bond acceptors (Lipinski definition) is 5. The number of amides is 1. The first kappa shape index (κ1) is 24.8. The molecule has 2 aromatic carbocycles. The molecule has 1 aliphatic rings. The van der Waals surface area contributed by atoms with E-state index in [0.717, 1.165) is 36.5 Å². The summed E-state index contributed by atoms with van der Waals surface area (Å²) in [6.07, 6.45) is 4.09. The minimum Gasteiger partial charge on any atom is -0.490 e. The van der Waals surface area contributed by atoms with Crippen molar-refractivity contribution >= 4 is 17.7 Å². The van der Waals surface area contributed by atoms with Gasteiger partial charge in [0.15, 0.2) is 0 Å². The van der Waals surface area contributed by atoms with E-state index in [9.17, 15) is 4.79 Å². The molecule has 1 aliphatic carbocycles.